The van der Waals surface area contributed by atoms with Gasteiger partial charge in [-0.3, -0.25) is 9.78 Å². The number of H-pyrrole nitrogens is 1. The number of nitrogens with zero attached hydrogens (tertiary/aromatic N) is 1. The number of alkyl halides is 6. The second-order valence-electron chi connectivity index (χ2n) is 6.81. The Balaban J connectivity index is 1.80. The molecule has 2 N–H and O–H groups in total. The third-order valence-corrected chi connectivity index (χ3v) is 4.76. The number of pyridine rings is 1. The van der Waals surface area contributed by atoms with Crippen LogP contribution in [-0.2, 0) is 18.8 Å². The number of halogens is 6. The van der Waals surface area contributed by atoms with Crippen molar-refractivity contribution in [1.82, 2.24) is 15.3 Å². The zero-order valence-corrected chi connectivity index (χ0v) is 15.1. The molecule has 0 aliphatic carbocycles. The lowest BCUT2D eigenvalue weighted by Gasteiger charge is -2.14. The minimum absolute atomic E-state index is 0.0545. The van der Waals surface area contributed by atoms with Crippen molar-refractivity contribution in [2.45, 2.75) is 18.8 Å². The number of fused-ring (bicyclic) bond motifs is 1. The summed E-state index contributed by atoms with van der Waals surface area (Å²) in [5.41, 5.74) is -1.03. The third-order valence-electron chi connectivity index (χ3n) is 4.76. The number of aromatic amines is 1. The van der Waals surface area contributed by atoms with Gasteiger partial charge in [0, 0.05) is 41.7 Å². The van der Waals surface area contributed by atoms with Crippen LogP contribution in [0.5, 0.6) is 0 Å². The largest absolute Gasteiger partial charge is 0.416 e. The monoisotopic (exact) mass is 425 g/mol. The Bertz CT molecular complexity index is 1100. The van der Waals surface area contributed by atoms with Gasteiger partial charge in [-0.05, 0) is 36.4 Å². The smallest absolute Gasteiger partial charge is 0.358 e. The van der Waals surface area contributed by atoms with E-state index in [1.165, 1.54) is 12.3 Å². The fourth-order valence-corrected chi connectivity index (χ4v) is 3.31. The molecule has 2 aromatic heterocycles. The van der Waals surface area contributed by atoms with Crippen molar-refractivity contribution in [3.8, 4) is 22.5 Å². The van der Waals surface area contributed by atoms with Crippen LogP contribution >= 0.6 is 0 Å². The normalized spacial score (nSPS) is 14.4. The van der Waals surface area contributed by atoms with Gasteiger partial charge in [0.25, 0.3) is 5.91 Å². The van der Waals surface area contributed by atoms with Crippen molar-refractivity contribution >= 4 is 5.91 Å². The van der Waals surface area contributed by atoms with Gasteiger partial charge in [-0.2, -0.15) is 26.3 Å². The molecule has 0 fully saturated rings. The summed E-state index contributed by atoms with van der Waals surface area (Å²) in [6.07, 6.45) is -8.02. The zero-order chi connectivity index (χ0) is 21.7. The molecule has 0 atom stereocenters. The van der Waals surface area contributed by atoms with Gasteiger partial charge < -0.3 is 10.3 Å². The standard InChI is InChI=1S/C20H13F6N3O/c21-19(22,23)12-5-11(6-13(8-12)20(24,25)26)16-7-10(1-3-27-16)17-9-14-15(29-17)2-4-28-18(14)30/h1,3,5-9,29H,2,4H2,(H,28,30). The average molecular weight is 425 g/mol. The van der Waals surface area contributed by atoms with E-state index in [4.69, 9.17) is 0 Å². The highest BCUT2D eigenvalue weighted by Gasteiger charge is 2.37. The highest BCUT2D eigenvalue weighted by molar-refractivity contribution is 5.97. The van der Waals surface area contributed by atoms with Crippen molar-refractivity contribution < 1.29 is 31.1 Å². The summed E-state index contributed by atoms with van der Waals surface area (Å²) in [7, 11) is 0. The number of hydrogen-bond acceptors (Lipinski definition) is 2. The fraction of sp³-hybridized carbons (Fsp3) is 0.200. The molecule has 1 aromatic carbocycles. The van der Waals surface area contributed by atoms with Crippen LogP contribution in [0, 0.1) is 0 Å². The van der Waals surface area contributed by atoms with Crippen molar-refractivity contribution in [2.75, 3.05) is 6.54 Å². The van der Waals surface area contributed by atoms with E-state index in [0.717, 1.165) is 0 Å². The van der Waals surface area contributed by atoms with E-state index in [-0.39, 0.29) is 23.2 Å². The molecule has 0 spiro atoms. The number of benzene rings is 1. The predicted molar refractivity (Wildman–Crippen MR) is 95.5 cm³/mol. The number of aromatic nitrogens is 2. The van der Waals surface area contributed by atoms with E-state index in [2.05, 4.69) is 15.3 Å². The highest BCUT2D eigenvalue weighted by Crippen LogP contribution is 2.38. The van der Waals surface area contributed by atoms with Gasteiger partial charge in [-0.25, -0.2) is 0 Å². The first-order valence-electron chi connectivity index (χ1n) is 8.79. The Labute approximate surface area is 165 Å². The summed E-state index contributed by atoms with van der Waals surface area (Å²) in [5.74, 6) is -0.249. The van der Waals surface area contributed by atoms with E-state index >= 15 is 0 Å². The Morgan fingerprint density at radius 2 is 1.53 bits per heavy atom. The molecule has 3 heterocycles. The molecule has 0 bridgehead atoms. The number of carbonyl (C=O) groups excluding carboxylic acids is 1. The van der Waals surface area contributed by atoms with Crippen LogP contribution in [0.15, 0.2) is 42.6 Å². The Kier molecular flexibility index (Phi) is 4.59. The minimum Gasteiger partial charge on any atom is -0.358 e. The number of carbonyl (C=O) groups is 1. The lowest BCUT2D eigenvalue weighted by atomic mass is 10.0. The Hall–Kier alpha value is -3.30. The summed E-state index contributed by atoms with van der Waals surface area (Å²) in [6.45, 7) is 0.470. The molecule has 1 aliphatic rings. The third kappa shape index (κ3) is 3.77. The summed E-state index contributed by atoms with van der Waals surface area (Å²) in [5, 5.41) is 2.70. The first-order chi connectivity index (χ1) is 14.0. The second-order valence-corrected chi connectivity index (χ2v) is 6.81. The topological polar surface area (TPSA) is 57.8 Å². The van der Waals surface area contributed by atoms with Crippen LogP contribution in [-0.4, -0.2) is 22.4 Å². The van der Waals surface area contributed by atoms with Crippen LogP contribution in [0.4, 0.5) is 26.3 Å². The SMILES string of the molecule is O=C1NCCc2[nH]c(-c3ccnc(-c4cc(C(F)(F)F)cc(C(F)(F)F)c4)c3)cc21. The molecular formula is C20H13F6N3O. The van der Waals surface area contributed by atoms with E-state index in [0.29, 0.717) is 47.6 Å². The summed E-state index contributed by atoms with van der Waals surface area (Å²) in [6, 6.07) is 5.87. The molecule has 0 saturated carbocycles. The van der Waals surface area contributed by atoms with Crippen LogP contribution < -0.4 is 5.32 Å². The van der Waals surface area contributed by atoms with Crippen molar-refractivity contribution in [3.63, 3.8) is 0 Å². The lowest BCUT2D eigenvalue weighted by molar-refractivity contribution is -0.143. The van der Waals surface area contributed by atoms with Crippen molar-refractivity contribution in [1.29, 1.82) is 0 Å². The first kappa shape index (κ1) is 20.0. The van der Waals surface area contributed by atoms with Gasteiger partial charge in [-0.15, -0.1) is 0 Å². The molecular weight excluding hydrogens is 412 g/mol. The maximum Gasteiger partial charge on any atom is 0.416 e. The van der Waals surface area contributed by atoms with Crippen LogP contribution in [0.3, 0.4) is 0 Å². The van der Waals surface area contributed by atoms with Gasteiger partial charge in [0.05, 0.1) is 22.4 Å². The number of nitrogens with one attached hydrogen (secondary N) is 2. The molecule has 0 saturated heterocycles. The number of rotatable bonds is 2. The molecule has 1 amide bonds. The molecule has 30 heavy (non-hydrogen) atoms. The van der Waals surface area contributed by atoms with E-state index in [1.807, 2.05) is 0 Å². The van der Waals surface area contributed by atoms with Gasteiger partial charge in [0.15, 0.2) is 0 Å². The fourth-order valence-electron chi connectivity index (χ4n) is 3.31. The predicted octanol–water partition coefficient (Wildman–Crippen LogP) is 5.07. The Morgan fingerprint density at radius 1 is 0.867 bits per heavy atom. The van der Waals surface area contributed by atoms with Crippen LogP contribution in [0.1, 0.15) is 27.2 Å². The molecule has 4 nitrogen and oxygen atoms in total. The molecule has 0 unspecified atom stereocenters. The van der Waals surface area contributed by atoms with Crippen molar-refractivity contribution in [3.05, 3.63) is 65.0 Å². The van der Waals surface area contributed by atoms with Crippen molar-refractivity contribution in [2.24, 2.45) is 0 Å². The number of hydrogen-bond donors (Lipinski definition) is 2. The molecule has 1 aliphatic heterocycles. The maximum atomic E-state index is 13.1. The summed E-state index contributed by atoms with van der Waals surface area (Å²) in [4.78, 5) is 19.0. The number of amides is 1. The average Bonchev–Trinajstić information content (AvgIpc) is 3.12. The van der Waals surface area contributed by atoms with Crippen LogP contribution in [0.2, 0.25) is 0 Å². The quantitative estimate of drug-likeness (QED) is 0.564. The Morgan fingerprint density at radius 3 is 2.13 bits per heavy atom. The summed E-state index contributed by atoms with van der Waals surface area (Å²) < 4.78 is 78.8. The van der Waals surface area contributed by atoms with E-state index < -0.39 is 23.5 Å². The lowest BCUT2D eigenvalue weighted by Crippen LogP contribution is -2.31. The molecule has 0 radical (unpaired) electrons. The van der Waals surface area contributed by atoms with Gasteiger partial charge in [-0.1, -0.05) is 0 Å². The van der Waals surface area contributed by atoms with Gasteiger partial charge in [0.1, 0.15) is 0 Å². The molecule has 4 rings (SSSR count). The minimum atomic E-state index is -4.94. The van der Waals surface area contributed by atoms with E-state index in [9.17, 15) is 31.1 Å². The second kappa shape index (κ2) is 6.89. The van der Waals surface area contributed by atoms with E-state index in [1.54, 1.807) is 12.1 Å². The molecule has 3 aromatic rings. The highest BCUT2D eigenvalue weighted by atomic mass is 19.4. The molecule has 156 valence electrons. The van der Waals surface area contributed by atoms with Gasteiger partial charge >= 0.3 is 12.4 Å². The van der Waals surface area contributed by atoms with Crippen LogP contribution in [0.25, 0.3) is 22.5 Å². The van der Waals surface area contributed by atoms with Gasteiger partial charge in [0.2, 0.25) is 0 Å². The first-order valence-corrected chi connectivity index (χ1v) is 8.79. The zero-order valence-electron chi connectivity index (χ0n) is 15.1. The summed E-state index contributed by atoms with van der Waals surface area (Å²) >= 11 is 0. The maximum absolute atomic E-state index is 13.1. The molecule has 10 heteroatoms.